The van der Waals surface area contributed by atoms with Gasteiger partial charge in [-0.1, -0.05) is 43.7 Å². The monoisotopic (exact) mass is 248 g/mol. The van der Waals surface area contributed by atoms with Crippen molar-refractivity contribution in [3.05, 3.63) is 35.4 Å². The zero-order chi connectivity index (χ0) is 13.4. The average molecular weight is 248 g/mol. The van der Waals surface area contributed by atoms with Crippen LogP contribution in [0.2, 0.25) is 0 Å². The minimum absolute atomic E-state index is 0.447. The Balaban J connectivity index is 2.25. The Bertz CT molecular complexity index is 314. The fraction of sp³-hybridized carbons (Fsp3) is 0.625. The Labute approximate surface area is 112 Å². The molecule has 0 aliphatic carbocycles. The van der Waals surface area contributed by atoms with Gasteiger partial charge in [0.25, 0.3) is 0 Å². The van der Waals surface area contributed by atoms with Crippen molar-refractivity contribution in [3.8, 4) is 0 Å². The minimum Gasteiger partial charge on any atom is -0.310 e. The molecule has 0 aromatic heterocycles. The normalized spacial score (nSPS) is 12.9. The second kappa shape index (κ2) is 8.28. The maximum Gasteiger partial charge on any atom is 0.0291 e. The van der Waals surface area contributed by atoms with Gasteiger partial charge in [-0.2, -0.15) is 0 Å². The van der Waals surface area contributed by atoms with Crippen LogP contribution in [0.5, 0.6) is 0 Å². The first-order valence-electron chi connectivity index (χ1n) is 7.19. The van der Waals surface area contributed by atoms with E-state index >= 15 is 0 Å². The lowest BCUT2D eigenvalue weighted by molar-refractivity contribution is 0.296. The molecule has 2 nitrogen and oxygen atoms in total. The molecule has 0 radical (unpaired) electrons. The largest absolute Gasteiger partial charge is 0.310 e. The highest BCUT2D eigenvalue weighted by Crippen LogP contribution is 2.12. The topological polar surface area (TPSA) is 15.3 Å². The molecule has 0 saturated heterocycles. The van der Waals surface area contributed by atoms with Gasteiger partial charge in [0.1, 0.15) is 0 Å². The molecule has 1 aromatic rings. The predicted octanol–water partition coefficient (Wildman–Crippen LogP) is 3.38. The van der Waals surface area contributed by atoms with Crippen LogP contribution in [-0.4, -0.2) is 31.1 Å². The lowest BCUT2D eigenvalue weighted by atomic mass is 10.1. The van der Waals surface area contributed by atoms with Gasteiger partial charge >= 0.3 is 0 Å². The van der Waals surface area contributed by atoms with E-state index in [0.717, 1.165) is 19.6 Å². The highest BCUT2D eigenvalue weighted by atomic mass is 15.1. The Morgan fingerprint density at radius 2 is 1.72 bits per heavy atom. The van der Waals surface area contributed by atoms with Gasteiger partial charge in [0.05, 0.1) is 0 Å². The van der Waals surface area contributed by atoms with Gasteiger partial charge in [0, 0.05) is 6.04 Å². The Morgan fingerprint density at radius 3 is 2.28 bits per heavy atom. The lowest BCUT2D eigenvalue weighted by Crippen LogP contribution is -2.28. The lowest BCUT2D eigenvalue weighted by Gasteiger charge is -2.19. The van der Waals surface area contributed by atoms with Gasteiger partial charge in [-0.3, -0.25) is 0 Å². The molecule has 0 amide bonds. The van der Waals surface area contributed by atoms with Crippen molar-refractivity contribution in [1.29, 1.82) is 0 Å². The maximum atomic E-state index is 3.60. The first-order valence-corrected chi connectivity index (χ1v) is 7.19. The van der Waals surface area contributed by atoms with Gasteiger partial charge in [-0.25, -0.2) is 0 Å². The summed E-state index contributed by atoms with van der Waals surface area (Å²) in [5.41, 5.74) is 2.70. The summed E-state index contributed by atoms with van der Waals surface area (Å²) in [6.07, 6.45) is 1.22. The van der Waals surface area contributed by atoms with Crippen molar-refractivity contribution in [1.82, 2.24) is 10.2 Å². The molecular weight excluding hydrogens is 220 g/mol. The number of rotatable bonds is 8. The van der Waals surface area contributed by atoms with Crippen molar-refractivity contribution < 1.29 is 0 Å². The predicted molar refractivity (Wildman–Crippen MR) is 80.0 cm³/mol. The molecular formula is C16H28N2. The fourth-order valence-electron chi connectivity index (χ4n) is 2.13. The molecule has 1 N–H and O–H groups in total. The second-order valence-electron chi connectivity index (χ2n) is 4.97. The third kappa shape index (κ3) is 5.19. The molecule has 102 valence electrons. The minimum atomic E-state index is 0.447. The molecule has 1 aromatic carbocycles. The Kier molecular flexibility index (Phi) is 6.99. The Hall–Kier alpha value is -0.860. The van der Waals surface area contributed by atoms with E-state index in [-0.39, 0.29) is 0 Å². The van der Waals surface area contributed by atoms with E-state index in [2.05, 4.69) is 62.2 Å². The number of nitrogens with one attached hydrogen (secondary N) is 1. The summed E-state index contributed by atoms with van der Waals surface area (Å²) in [5.74, 6) is 0. The van der Waals surface area contributed by atoms with E-state index < -0.39 is 0 Å². The maximum absolute atomic E-state index is 3.60. The molecule has 0 spiro atoms. The average Bonchev–Trinajstić information content (AvgIpc) is 2.39. The van der Waals surface area contributed by atoms with Crippen molar-refractivity contribution >= 4 is 0 Å². The molecule has 1 unspecified atom stereocenters. The summed E-state index contributed by atoms with van der Waals surface area (Å²) in [5, 5.41) is 3.60. The second-order valence-corrected chi connectivity index (χ2v) is 4.97. The molecule has 18 heavy (non-hydrogen) atoms. The van der Waals surface area contributed by atoms with Crippen molar-refractivity contribution in [2.24, 2.45) is 0 Å². The SMILES string of the molecule is CCN(CC)CCCNC(C)c1ccc(C)cc1. The zero-order valence-corrected chi connectivity index (χ0v) is 12.4. The fourth-order valence-corrected chi connectivity index (χ4v) is 2.13. The molecule has 0 bridgehead atoms. The highest BCUT2D eigenvalue weighted by Gasteiger charge is 2.04. The molecule has 1 atom stereocenters. The third-order valence-corrected chi connectivity index (χ3v) is 3.57. The summed E-state index contributed by atoms with van der Waals surface area (Å²) in [6, 6.07) is 9.25. The van der Waals surface area contributed by atoms with Crippen LogP contribution >= 0.6 is 0 Å². The van der Waals surface area contributed by atoms with E-state index in [1.54, 1.807) is 0 Å². The number of nitrogens with zero attached hydrogens (tertiary/aromatic N) is 1. The van der Waals surface area contributed by atoms with Crippen LogP contribution < -0.4 is 5.32 Å². The number of benzene rings is 1. The van der Waals surface area contributed by atoms with Gasteiger partial charge in [0.15, 0.2) is 0 Å². The van der Waals surface area contributed by atoms with Crippen molar-refractivity contribution in [2.75, 3.05) is 26.2 Å². The number of aryl methyl sites for hydroxylation is 1. The van der Waals surface area contributed by atoms with E-state index in [1.807, 2.05) is 0 Å². The molecule has 0 heterocycles. The van der Waals surface area contributed by atoms with Crippen LogP contribution in [0.3, 0.4) is 0 Å². The van der Waals surface area contributed by atoms with Gasteiger partial charge < -0.3 is 10.2 Å². The van der Waals surface area contributed by atoms with Crippen molar-refractivity contribution in [2.45, 2.75) is 40.2 Å². The number of hydrogen-bond donors (Lipinski definition) is 1. The van der Waals surface area contributed by atoms with E-state index in [4.69, 9.17) is 0 Å². The van der Waals surface area contributed by atoms with Crippen molar-refractivity contribution in [3.63, 3.8) is 0 Å². The first-order chi connectivity index (χ1) is 8.67. The number of hydrogen-bond acceptors (Lipinski definition) is 2. The molecule has 2 heteroatoms. The van der Waals surface area contributed by atoms with Crippen LogP contribution in [0, 0.1) is 6.92 Å². The van der Waals surface area contributed by atoms with E-state index in [9.17, 15) is 0 Å². The summed E-state index contributed by atoms with van der Waals surface area (Å²) in [7, 11) is 0. The van der Waals surface area contributed by atoms with Crippen LogP contribution in [0.25, 0.3) is 0 Å². The molecule has 0 fully saturated rings. The van der Waals surface area contributed by atoms with Gasteiger partial charge in [-0.15, -0.1) is 0 Å². The smallest absolute Gasteiger partial charge is 0.0291 e. The molecule has 0 saturated carbocycles. The summed E-state index contributed by atoms with van der Waals surface area (Å²) >= 11 is 0. The van der Waals surface area contributed by atoms with Crippen LogP contribution in [0.15, 0.2) is 24.3 Å². The van der Waals surface area contributed by atoms with Crippen LogP contribution in [0.4, 0.5) is 0 Å². The highest BCUT2D eigenvalue weighted by molar-refractivity contribution is 5.23. The standard InChI is InChI=1S/C16H28N2/c1-5-18(6-2)13-7-12-17-15(4)16-10-8-14(3)9-11-16/h8-11,15,17H,5-7,12-13H2,1-4H3. The molecule has 1 rings (SSSR count). The van der Waals surface area contributed by atoms with Gasteiger partial charge in [-0.05, 0) is 52.0 Å². The van der Waals surface area contributed by atoms with Gasteiger partial charge in [0.2, 0.25) is 0 Å². The Morgan fingerprint density at radius 1 is 1.11 bits per heavy atom. The first kappa shape index (κ1) is 15.2. The third-order valence-electron chi connectivity index (χ3n) is 3.57. The molecule has 0 aliphatic rings. The van der Waals surface area contributed by atoms with Crippen LogP contribution in [0.1, 0.15) is 44.4 Å². The van der Waals surface area contributed by atoms with E-state index in [0.29, 0.717) is 6.04 Å². The zero-order valence-electron chi connectivity index (χ0n) is 12.4. The summed E-state index contributed by atoms with van der Waals surface area (Å²) in [4.78, 5) is 2.47. The van der Waals surface area contributed by atoms with Crippen LogP contribution in [-0.2, 0) is 0 Å². The van der Waals surface area contributed by atoms with E-state index in [1.165, 1.54) is 24.1 Å². The summed E-state index contributed by atoms with van der Waals surface area (Å²) < 4.78 is 0. The summed E-state index contributed by atoms with van der Waals surface area (Å²) in [6.45, 7) is 13.4. The quantitative estimate of drug-likeness (QED) is 0.710. The molecule has 0 aliphatic heterocycles.